The highest BCUT2D eigenvalue weighted by molar-refractivity contribution is 5.74. The van der Waals surface area contributed by atoms with E-state index in [0.29, 0.717) is 13.1 Å². The SMILES string of the molecule is CCC1CN(C(=O)NCCCCN2CCN(CC)CC2)CC(C)O1. The molecule has 0 saturated carbocycles. The van der Waals surface area contributed by atoms with Crippen molar-refractivity contribution in [2.24, 2.45) is 0 Å². The van der Waals surface area contributed by atoms with Crippen molar-refractivity contribution in [3.63, 3.8) is 0 Å². The van der Waals surface area contributed by atoms with Crippen LogP contribution in [-0.4, -0.2) is 91.8 Å². The van der Waals surface area contributed by atoms with Crippen LogP contribution in [0.15, 0.2) is 0 Å². The number of amides is 2. The van der Waals surface area contributed by atoms with Gasteiger partial charge in [-0.05, 0) is 39.3 Å². The van der Waals surface area contributed by atoms with Gasteiger partial charge in [-0.25, -0.2) is 4.79 Å². The summed E-state index contributed by atoms with van der Waals surface area (Å²) in [5, 5.41) is 3.08. The van der Waals surface area contributed by atoms with Gasteiger partial charge in [0.1, 0.15) is 0 Å². The Morgan fingerprint density at radius 3 is 2.46 bits per heavy atom. The third kappa shape index (κ3) is 6.22. The molecule has 2 rings (SSSR count). The van der Waals surface area contributed by atoms with Crippen LogP contribution in [0.25, 0.3) is 0 Å². The molecule has 2 heterocycles. The van der Waals surface area contributed by atoms with E-state index in [1.54, 1.807) is 0 Å². The summed E-state index contributed by atoms with van der Waals surface area (Å²) in [6.45, 7) is 15.7. The summed E-state index contributed by atoms with van der Waals surface area (Å²) >= 11 is 0. The van der Waals surface area contributed by atoms with E-state index in [-0.39, 0.29) is 18.2 Å². The zero-order valence-electron chi connectivity index (χ0n) is 15.8. The molecule has 1 N–H and O–H groups in total. The Balaban J connectivity index is 1.55. The van der Waals surface area contributed by atoms with E-state index in [1.165, 1.54) is 32.7 Å². The minimum absolute atomic E-state index is 0.0696. The highest BCUT2D eigenvalue weighted by Gasteiger charge is 2.27. The Labute approximate surface area is 147 Å². The first kappa shape index (κ1) is 19.5. The Bertz CT molecular complexity index is 372. The first-order valence-corrected chi connectivity index (χ1v) is 9.75. The number of carbonyl (C=O) groups excluding carboxylic acids is 1. The quantitative estimate of drug-likeness (QED) is 0.716. The highest BCUT2D eigenvalue weighted by Crippen LogP contribution is 2.13. The van der Waals surface area contributed by atoms with Crippen LogP contribution < -0.4 is 5.32 Å². The lowest BCUT2D eigenvalue weighted by Gasteiger charge is -2.36. The van der Waals surface area contributed by atoms with Crippen molar-refractivity contribution >= 4 is 6.03 Å². The molecule has 0 spiro atoms. The van der Waals surface area contributed by atoms with Crippen LogP contribution >= 0.6 is 0 Å². The van der Waals surface area contributed by atoms with Gasteiger partial charge in [-0.1, -0.05) is 13.8 Å². The average molecular weight is 341 g/mol. The molecule has 2 atom stereocenters. The maximum Gasteiger partial charge on any atom is 0.317 e. The summed E-state index contributed by atoms with van der Waals surface area (Å²) in [5.41, 5.74) is 0. The Morgan fingerprint density at radius 2 is 1.79 bits per heavy atom. The minimum Gasteiger partial charge on any atom is -0.372 e. The monoisotopic (exact) mass is 340 g/mol. The summed E-state index contributed by atoms with van der Waals surface area (Å²) in [6, 6.07) is 0.0696. The van der Waals surface area contributed by atoms with Crippen LogP contribution in [0.1, 0.15) is 40.0 Å². The van der Waals surface area contributed by atoms with E-state index in [0.717, 1.165) is 32.4 Å². The predicted octanol–water partition coefficient (Wildman–Crippen LogP) is 1.61. The van der Waals surface area contributed by atoms with E-state index >= 15 is 0 Å². The zero-order chi connectivity index (χ0) is 17.4. The summed E-state index contributed by atoms with van der Waals surface area (Å²) in [6.07, 6.45) is 3.48. The van der Waals surface area contributed by atoms with Gasteiger partial charge < -0.3 is 24.8 Å². The summed E-state index contributed by atoms with van der Waals surface area (Å²) < 4.78 is 5.81. The van der Waals surface area contributed by atoms with Gasteiger partial charge in [0.2, 0.25) is 0 Å². The Hall–Kier alpha value is -0.850. The van der Waals surface area contributed by atoms with Crippen LogP contribution in [0, 0.1) is 0 Å². The number of nitrogens with zero attached hydrogens (tertiary/aromatic N) is 3. The lowest BCUT2D eigenvalue weighted by atomic mass is 10.2. The van der Waals surface area contributed by atoms with E-state index in [9.17, 15) is 4.79 Å². The molecule has 0 aromatic rings. The number of carbonyl (C=O) groups is 1. The third-order valence-corrected chi connectivity index (χ3v) is 5.16. The number of rotatable bonds is 7. The maximum atomic E-state index is 12.3. The van der Waals surface area contributed by atoms with E-state index in [1.807, 2.05) is 11.8 Å². The predicted molar refractivity (Wildman–Crippen MR) is 97.4 cm³/mol. The first-order valence-electron chi connectivity index (χ1n) is 9.75. The number of ether oxygens (including phenoxy) is 1. The van der Waals surface area contributed by atoms with Crippen LogP contribution in [0.3, 0.4) is 0 Å². The second-order valence-corrected chi connectivity index (χ2v) is 7.10. The van der Waals surface area contributed by atoms with Crippen molar-refractivity contribution in [2.45, 2.75) is 52.2 Å². The van der Waals surface area contributed by atoms with E-state index in [2.05, 4.69) is 29.0 Å². The molecular formula is C18H36N4O2. The molecule has 2 amide bonds. The molecule has 2 saturated heterocycles. The lowest BCUT2D eigenvalue weighted by Crippen LogP contribution is -2.52. The second-order valence-electron chi connectivity index (χ2n) is 7.10. The van der Waals surface area contributed by atoms with Crippen molar-refractivity contribution in [3.8, 4) is 0 Å². The normalized spacial score (nSPS) is 26.5. The molecule has 0 radical (unpaired) electrons. The fourth-order valence-corrected chi connectivity index (χ4v) is 3.53. The van der Waals surface area contributed by atoms with Crippen LogP contribution in [0.4, 0.5) is 4.79 Å². The van der Waals surface area contributed by atoms with Crippen molar-refractivity contribution < 1.29 is 9.53 Å². The van der Waals surface area contributed by atoms with Crippen molar-refractivity contribution in [1.29, 1.82) is 0 Å². The molecule has 6 nitrogen and oxygen atoms in total. The molecular weight excluding hydrogens is 304 g/mol. The molecule has 0 aliphatic carbocycles. The number of urea groups is 1. The zero-order valence-corrected chi connectivity index (χ0v) is 15.8. The van der Waals surface area contributed by atoms with E-state index in [4.69, 9.17) is 4.74 Å². The number of nitrogens with one attached hydrogen (secondary N) is 1. The molecule has 2 fully saturated rings. The third-order valence-electron chi connectivity index (χ3n) is 5.16. The molecule has 24 heavy (non-hydrogen) atoms. The molecule has 2 aliphatic rings. The number of piperazine rings is 1. The van der Waals surface area contributed by atoms with E-state index < -0.39 is 0 Å². The molecule has 0 aromatic carbocycles. The number of hydrogen-bond donors (Lipinski definition) is 1. The number of hydrogen-bond acceptors (Lipinski definition) is 4. The van der Waals surface area contributed by atoms with Crippen LogP contribution in [0.2, 0.25) is 0 Å². The van der Waals surface area contributed by atoms with Gasteiger partial charge in [0, 0.05) is 45.8 Å². The lowest BCUT2D eigenvalue weighted by molar-refractivity contribution is -0.0646. The van der Waals surface area contributed by atoms with Crippen LogP contribution in [0.5, 0.6) is 0 Å². The Morgan fingerprint density at radius 1 is 1.08 bits per heavy atom. The smallest absolute Gasteiger partial charge is 0.317 e. The Kier molecular flexibility index (Phi) is 8.29. The standard InChI is InChI=1S/C18H36N4O2/c1-4-17-15-22(14-16(3)24-17)18(23)19-8-6-7-9-21-12-10-20(5-2)11-13-21/h16-17H,4-15H2,1-3H3,(H,19,23). The molecule has 0 bridgehead atoms. The maximum absolute atomic E-state index is 12.3. The second kappa shape index (κ2) is 10.2. The van der Waals surface area contributed by atoms with Crippen molar-refractivity contribution in [2.75, 3.05) is 58.9 Å². The topological polar surface area (TPSA) is 48.1 Å². The molecule has 2 unspecified atom stereocenters. The van der Waals surface area contributed by atoms with Gasteiger partial charge in [0.05, 0.1) is 12.2 Å². The summed E-state index contributed by atoms with van der Waals surface area (Å²) in [4.78, 5) is 19.2. The molecule has 6 heteroatoms. The van der Waals surface area contributed by atoms with Gasteiger partial charge >= 0.3 is 6.03 Å². The fourth-order valence-electron chi connectivity index (χ4n) is 3.53. The molecule has 140 valence electrons. The molecule has 0 aromatic heterocycles. The van der Waals surface area contributed by atoms with Gasteiger partial charge in [-0.2, -0.15) is 0 Å². The number of morpholine rings is 1. The van der Waals surface area contributed by atoms with Gasteiger partial charge in [-0.15, -0.1) is 0 Å². The van der Waals surface area contributed by atoms with Crippen LogP contribution in [-0.2, 0) is 4.74 Å². The fraction of sp³-hybridized carbons (Fsp3) is 0.944. The van der Waals surface area contributed by atoms with Crippen molar-refractivity contribution in [1.82, 2.24) is 20.0 Å². The highest BCUT2D eigenvalue weighted by atomic mass is 16.5. The minimum atomic E-state index is 0.0696. The average Bonchev–Trinajstić information content (AvgIpc) is 2.61. The summed E-state index contributed by atoms with van der Waals surface area (Å²) in [7, 11) is 0. The molecule has 2 aliphatic heterocycles. The van der Waals surface area contributed by atoms with Crippen molar-refractivity contribution in [3.05, 3.63) is 0 Å². The van der Waals surface area contributed by atoms with Gasteiger partial charge in [-0.3, -0.25) is 0 Å². The van der Waals surface area contributed by atoms with Gasteiger partial charge in [0.25, 0.3) is 0 Å². The number of likely N-dealkylation sites (N-methyl/N-ethyl adjacent to an activating group) is 1. The largest absolute Gasteiger partial charge is 0.372 e. The summed E-state index contributed by atoms with van der Waals surface area (Å²) in [5.74, 6) is 0. The van der Waals surface area contributed by atoms with Gasteiger partial charge in [0.15, 0.2) is 0 Å². The first-order chi connectivity index (χ1) is 11.6. The number of unbranched alkanes of at least 4 members (excludes halogenated alkanes) is 1.